The van der Waals surface area contributed by atoms with Crippen LogP contribution in [0.5, 0.6) is 0 Å². The number of nitrogens with one attached hydrogen (secondary N) is 2. The molecule has 0 aliphatic heterocycles. The molecule has 2 N–H and O–H groups in total. The third-order valence-electron chi connectivity index (χ3n) is 7.79. The molecule has 0 heterocycles. The van der Waals surface area contributed by atoms with Gasteiger partial charge in [-0.05, 0) is 98.9 Å². The van der Waals surface area contributed by atoms with Crippen LogP contribution >= 0.6 is 0 Å². The van der Waals surface area contributed by atoms with Crippen molar-refractivity contribution in [2.45, 2.75) is 76.6 Å². The Labute approximate surface area is 234 Å². The zero-order chi connectivity index (χ0) is 28.6. The van der Waals surface area contributed by atoms with Crippen LogP contribution < -0.4 is 9.44 Å². The molecule has 3 rings (SSSR count). The van der Waals surface area contributed by atoms with E-state index in [0.29, 0.717) is 43.0 Å². The lowest BCUT2D eigenvalue weighted by Gasteiger charge is -2.32. The second-order valence-corrected chi connectivity index (χ2v) is 14.6. The van der Waals surface area contributed by atoms with Crippen molar-refractivity contribution in [1.29, 1.82) is 0 Å². The first-order valence-electron chi connectivity index (χ1n) is 13.7. The fourth-order valence-electron chi connectivity index (χ4n) is 5.01. The summed E-state index contributed by atoms with van der Waals surface area (Å²) in [6.45, 7) is 6.58. The van der Waals surface area contributed by atoms with Crippen LogP contribution in [0.1, 0.15) is 74.6 Å². The summed E-state index contributed by atoms with van der Waals surface area (Å²) in [5.74, 6) is 1.71. The standard InChI is InChI=1S/C29H41F3N2O3S2/c1-21(2)39(36,37)34-20-22(3)25-10-12-27(13-11-25)26-8-4-23(5-9-26)16-18-33-38(35)19-17-24-6-14-28(15-7-24)29(30,31)32/h4-9,14-15,21-22,25,27,33-34H,10-13,16-20H2,1-3H3. The summed E-state index contributed by atoms with van der Waals surface area (Å²) in [5.41, 5.74) is 2.54. The third kappa shape index (κ3) is 9.99. The smallest absolute Gasteiger partial charge is 0.243 e. The van der Waals surface area contributed by atoms with E-state index in [0.717, 1.165) is 55.4 Å². The van der Waals surface area contributed by atoms with E-state index in [1.165, 1.54) is 17.7 Å². The first-order chi connectivity index (χ1) is 18.3. The first-order valence-corrected chi connectivity index (χ1v) is 16.6. The second kappa shape index (κ2) is 14.2. The number of hydrogen-bond acceptors (Lipinski definition) is 3. The molecule has 0 saturated heterocycles. The second-order valence-electron chi connectivity index (χ2n) is 10.9. The molecule has 2 aromatic rings. The summed E-state index contributed by atoms with van der Waals surface area (Å²) in [7, 11) is -4.48. The van der Waals surface area contributed by atoms with Crippen molar-refractivity contribution in [3.8, 4) is 0 Å². The van der Waals surface area contributed by atoms with E-state index >= 15 is 0 Å². The van der Waals surface area contributed by atoms with Crippen molar-refractivity contribution in [2.75, 3.05) is 18.8 Å². The SMILES string of the molecule is CC(CNS(=O)(=O)C(C)C)C1CCC(c2ccc(CCNS(=O)CCc3ccc(C(F)(F)F)cc3)cc2)CC1. The monoisotopic (exact) mass is 586 g/mol. The minimum atomic E-state index is -4.35. The topological polar surface area (TPSA) is 75.3 Å². The first kappa shape index (κ1) is 31.8. The molecule has 1 fully saturated rings. The van der Waals surface area contributed by atoms with Gasteiger partial charge in [-0.1, -0.05) is 43.3 Å². The molecule has 1 aliphatic carbocycles. The van der Waals surface area contributed by atoms with E-state index < -0.39 is 38.0 Å². The van der Waals surface area contributed by atoms with Crippen LogP contribution in [0.3, 0.4) is 0 Å². The maximum atomic E-state index is 12.7. The van der Waals surface area contributed by atoms with Gasteiger partial charge in [0.1, 0.15) is 0 Å². The van der Waals surface area contributed by atoms with E-state index in [1.807, 2.05) is 0 Å². The van der Waals surface area contributed by atoms with Crippen molar-refractivity contribution < 1.29 is 25.8 Å². The van der Waals surface area contributed by atoms with Gasteiger partial charge in [0.15, 0.2) is 0 Å². The van der Waals surface area contributed by atoms with E-state index in [9.17, 15) is 25.8 Å². The zero-order valence-electron chi connectivity index (χ0n) is 23.0. The van der Waals surface area contributed by atoms with Gasteiger partial charge in [0, 0.05) is 18.8 Å². The predicted molar refractivity (Wildman–Crippen MR) is 152 cm³/mol. The third-order valence-corrected chi connectivity index (χ3v) is 10.7. The van der Waals surface area contributed by atoms with Gasteiger partial charge in [-0.25, -0.2) is 22.1 Å². The average Bonchev–Trinajstić information content (AvgIpc) is 2.91. The van der Waals surface area contributed by atoms with Crippen LogP contribution in [0, 0.1) is 11.8 Å². The highest BCUT2D eigenvalue weighted by Gasteiger charge is 2.30. The molecule has 5 nitrogen and oxygen atoms in total. The van der Waals surface area contributed by atoms with Crippen LogP contribution in [0.2, 0.25) is 0 Å². The van der Waals surface area contributed by atoms with Crippen LogP contribution in [-0.2, 0) is 40.0 Å². The fourth-order valence-corrected chi connectivity index (χ4v) is 6.73. The molecule has 0 radical (unpaired) electrons. The molecule has 2 atom stereocenters. The summed E-state index contributed by atoms with van der Waals surface area (Å²) < 4.78 is 80.1. The lowest BCUT2D eigenvalue weighted by molar-refractivity contribution is -0.137. The van der Waals surface area contributed by atoms with Gasteiger partial charge in [0.2, 0.25) is 10.0 Å². The highest BCUT2D eigenvalue weighted by atomic mass is 32.2. The molecule has 39 heavy (non-hydrogen) atoms. The van der Waals surface area contributed by atoms with Gasteiger partial charge in [-0.15, -0.1) is 0 Å². The molecule has 2 unspecified atom stereocenters. The number of alkyl halides is 3. The number of hydrogen-bond donors (Lipinski definition) is 2. The number of rotatable bonds is 13. The average molecular weight is 587 g/mol. The number of sulfonamides is 1. The lowest BCUT2D eigenvalue weighted by Crippen LogP contribution is -2.36. The summed E-state index contributed by atoms with van der Waals surface area (Å²) in [6, 6.07) is 13.6. The molecular weight excluding hydrogens is 545 g/mol. The predicted octanol–water partition coefficient (Wildman–Crippen LogP) is 5.98. The van der Waals surface area contributed by atoms with Gasteiger partial charge >= 0.3 is 6.18 Å². The molecule has 1 aliphatic rings. The summed E-state index contributed by atoms with van der Waals surface area (Å²) in [6.07, 6.45) is 1.23. The summed E-state index contributed by atoms with van der Waals surface area (Å²) >= 11 is 0. The Balaban J connectivity index is 1.35. The minimum absolute atomic E-state index is 0.315. The van der Waals surface area contributed by atoms with E-state index in [-0.39, 0.29) is 0 Å². The lowest BCUT2D eigenvalue weighted by atomic mass is 9.74. The van der Waals surface area contributed by atoms with Gasteiger partial charge < -0.3 is 0 Å². The zero-order valence-corrected chi connectivity index (χ0v) is 24.6. The Morgan fingerprint density at radius 2 is 1.46 bits per heavy atom. The number of aryl methyl sites for hydroxylation is 1. The van der Waals surface area contributed by atoms with Gasteiger partial charge in [0.25, 0.3) is 0 Å². The number of benzene rings is 2. The van der Waals surface area contributed by atoms with E-state index in [1.54, 1.807) is 13.8 Å². The Morgan fingerprint density at radius 1 is 0.897 bits per heavy atom. The maximum absolute atomic E-state index is 12.7. The van der Waals surface area contributed by atoms with Crippen molar-refractivity contribution >= 4 is 21.0 Å². The van der Waals surface area contributed by atoms with Crippen LogP contribution in [0.4, 0.5) is 13.2 Å². The molecule has 0 aromatic heterocycles. The highest BCUT2D eigenvalue weighted by Crippen LogP contribution is 2.38. The summed E-state index contributed by atoms with van der Waals surface area (Å²) in [5, 5.41) is -0.415. The normalized spacial score (nSPS) is 20.2. The van der Waals surface area contributed by atoms with Gasteiger partial charge in [0.05, 0.1) is 21.8 Å². The molecule has 10 heteroatoms. The van der Waals surface area contributed by atoms with Gasteiger partial charge in [-0.3, -0.25) is 0 Å². The maximum Gasteiger partial charge on any atom is 0.416 e. The van der Waals surface area contributed by atoms with Crippen molar-refractivity contribution in [3.63, 3.8) is 0 Å². The highest BCUT2D eigenvalue weighted by molar-refractivity contribution is 7.90. The van der Waals surface area contributed by atoms with Crippen molar-refractivity contribution in [3.05, 3.63) is 70.8 Å². The molecule has 2 aromatic carbocycles. The summed E-state index contributed by atoms with van der Waals surface area (Å²) in [4.78, 5) is 0. The van der Waals surface area contributed by atoms with Crippen LogP contribution in [0.25, 0.3) is 0 Å². The Hall–Kier alpha value is -1.75. The number of halogens is 3. The van der Waals surface area contributed by atoms with Crippen molar-refractivity contribution in [1.82, 2.24) is 9.44 Å². The fraction of sp³-hybridized carbons (Fsp3) is 0.586. The van der Waals surface area contributed by atoms with Crippen LogP contribution in [-0.4, -0.2) is 36.7 Å². The molecular formula is C29H41F3N2O3S2. The van der Waals surface area contributed by atoms with Crippen molar-refractivity contribution in [2.24, 2.45) is 11.8 Å². The van der Waals surface area contributed by atoms with E-state index in [2.05, 4.69) is 40.6 Å². The Bertz CT molecular complexity index is 1160. The van der Waals surface area contributed by atoms with Crippen LogP contribution in [0.15, 0.2) is 48.5 Å². The van der Waals surface area contributed by atoms with Gasteiger partial charge in [-0.2, -0.15) is 13.2 Å². The quantitative estimate of drug-likeness (QED) is 0.303. The largest absolute Gasteiger partial charge is 0.416 e. The van der Waals surface area contributed by atoms with E-state index in [4.69, 9.17) is 0 Å². The Morgan fingerprint density at radius 3 is 2.03 bits per heavy atom. The Kier molecular flexibility index (Phi) is 11.6. The molecule has 218 valence electrons. The molecule has 0 bridgehead atoms. The molecule has 1 saturated carbocycles. The minimum Gasteiger partial charge on any atom is -0.243 e. The molecule has 0 spiro atoms. The molecule has 0 amide bonds.